The Morgan fingerprint density at radius 1 is 0.838 bits per heavy atom. The third-order valence-corrected chi connectivity index (χ3v) is 7.73. The van der Waals surface area contributed by atoms with E-state index in [9.17, 15) is 18.4 Å². The zero-order valence-electron chi connectivity index (χ0n) is 20.3. The van der Waals surface area contributed by atoms with Gasteiger partial charge in [-0.05, 0) is 86.0 Å². The van der Waals surface area contributed by atoms with Crippen LogP contribution in [0.1, 0.15) is 41.1 Å². The van der Waals surface area contributed by atoms with Crippen molar-refractivity contribution >= 4 is 41.2 Å². The van der Waals surface area contributed by atoms with E-state index in [1.54, 1.807) is 35.2 Å². The number of amides is 1. The van der Waals surface area contributed by atoms with Gasteiger partial charge in [-0.15, -0.1) is 12.4 Å². The number of benzene rings is 3. The van der Waals surface area contributed by atoms with Gasteiger partial charge in [0.1, 0.15) is 11.6 Å². The van der Waals surface area contributed by atoms with Gasteiger partial charge in [-0.1, -0.05) is 12.1 Å². The largest absolute Gasteiger partial charge is 0.337 e. The molecule has 3 aliphatic rings. The molecule has 3 aromatic carbocycles. The predicted molar refractivity (Wildman–Crippen MR) is 142 cm³/mol. The van der Waals surface area contributed by atoms with Crippen molar-refractivity contribution in [3.63, 3.8) is 0 Å². The molecule has 37 heavy (non-hydrogen) atoms. The zero-order chi connectivity index (χ0) is 24.8. The molecule has 0 aromatic heterocycles. The van der Waals surface area contributed by atoms with E-state index < -0.39 is 11.7 Å². The van der Waals surface area contributed by atoms with Gasteiger partial charge in [0.25, 0.3) is 11.7 Å². The highest BCUT2D eigenvalue weighted by Crippen LogP contribution is 2.48. The van der Waals surface area contributed by atoms with Crippen LogP contribution in [0.3, 0.4) is 0 Å². The summed E-state index contributed by atoms with van der Waals surface area (Å²) in [6, 6.07) is 18.9. The van der Waals surface area contributed by atoms with E-state index in [0.29, 0.717) is 17.8 Å². The van der Waals surface area contributed by atoms with E-state index in [1.807, 2.05) is 18.2 Å². The van der Waals surface area contributed by atoms with Crippen molar-refractivity contribution in [1.82, 2.24) is 4.90 Å². The molecule has 6 rings (SSSR count). The first-order chi connectivity index (χ1) is 17.5. The monoisotopic (exact) mass is 523 g/mol. The lowest BCUT2D eigenvalue weighted by molar-refractivity contribution is -0.114. The van der Waals surface area contributed by atoms with Crippen LogP contribution in [-0.4, -0.2) is 48.8 Å². The Morgan fingerprint density at radius 3 is 2.38 bits per heavy atom. The summed E-state index contributed by atoms with van der Waals surface area (Å²) in [6.07, 6.45) is 2.62. The van der Waals surface area contributed by atoms with Gasteiger partial charge < -0.3 is 14.7 Å². The molecule has 192 valence electrons. The van der Waals surface area contributed by atoms with E-state index in [-0.39, 0.29) is 36.0 Å². The quantitative estimate of drug-likeness (QED) is 0.307. The Kier molecular flexibility index (Phi) is 7.01. The van der Waals surface area contributed by atoms with Crippen molar-refractivity contribution in [2.24, 2.45) is 0 Å². The van der Waals surface area contributed by atoms with Crippen LogP contribution < -0.4 is 9.80 Å². The van der Waals surface area contributed by atoms with E-state index in [2.05, 4.69) is 9.80 Å². The van der Waals surface area contributed by atoms with Crippen molar-refractivity contribution in [1.29, 1.82) is 0 Å². The fourth-order valence-corrected chi connectivity index (χ4v) is 6.05. The number of halogens is 3. The average Bonchev–Trinajstić information content (AvgIpc) is 3.33. The summed E-state index contributed by atoms with van der Waals surface area (Å²) >= 11 is 0. The van der Waals surface area contributed by atoms with Gasteiger partial charge in [0.05, 0.1) is 11.3 Å². The summed E-state index contributed by atoms with van der Waals surface area (Å²) in [7, 11) is 0. The van der Waals surface area contributed by atoms with Crippen molar-refractivity contribution in [2.75, 3.05) is 36.0 Å². The van der Waals surface area contributed by atoms with Crippen LogP contribution in [0.2, 0.25) is 0 Å². The number of likely N-dealkylation sites (tertiary alicyclic amines) is 1. The highest BCUT2D eigenvalue weighted by molar-refractivity contribution is 6.52. The second-order valence-electron chi connectivity index (χ2n) is 9.82. The number of nitrogens with zero attached hydrogens (tertiary/aromatic N) is 3. The SMILES string of the molecule is Cl.O=C1C(=O)N(CCCCN2CC[C@@H]3[C@@H](C2)c2cc(F)ccc2N3c2ccc(F)cc2)c2ccccc21. The molecule has 5 nitrogen and oxygen atoms in total. The molecule has 0 unspecified atom stereocenters. The van der Waals surface area contributed by atoms with Crippen molar-refractivity contribution in [3.8, 4) is 0 Å². The Balaban J connectivity index is 0.00000280. The second-order valence-corrected chi connectivity index (χ2v) is 9.82. The highest BCUT2D eigenvalue weighted by atomic mass is 35.5. The second kappa shape index (κ2) is 10.2. The van der Waals surface area contributed by atoms with E-state index >= 15 is 0 Å². The summed E-state index contributed by atoms with van der Waals surface area (Å²) in [4.78, 5) is 30.9. The number of ketones is 1. The van der Waals surface area contributed by atoms with Crippen LogP contribution in [0.25, 0.3) is 0 Å². The lowest BCUT2D eigenvalue weighted by Gasteiger charge is -2.39. The number of hydrogen-bond acceptors (Lipinski definition) is 4. The van der Waals surface area contributed by atoms with Gasteiger partial charge in [0, 0.05) is 43.0 Å². The maximum absolute atomic E-state index is 14.2. The summed E-state index contributed by atoms with van der Waals surface area (Å²) in [6.45, 7) is 3.14. The molecule has 0 saturated carbocycles. The molecule has 3 aromatic rings. The van der Waals surface area contributed by atoms with Gasteiger partial charge in [-0.3, -0.25) is 9.59 Å². The van der Waals surface area contributed by atoms with Crippen molar-refractivity contribution in [2.45, 2.75) is 31.2 Å². The molecular weight excluding hydrogens is 496 g/mol. The molecule has 8 heteroatoms. The van der Waals surface area contributed by atoms with Gasteiger partial charge in [-0.2, -0.15) is 0 Å². The minimum Gasteiger partial charge on any atom is -0.337 e. The molecule has 3 aliphatic heterocycles. The fourth-order valence-electron chi connectivity index (χ4n) is 6.05. The standard InChI is InChI=1S/C29H27F2N3O2.ClH/c30-19-7-10-21(11-8-19)34-26-12-9-20(31)17-23(26)24-18-32(16-13-27(24)34)14-3-4-15-33-25-6-2-1-5-22(25)28(35)29(33)36;/h1-2,5-12,17,24,27H,3-4,13-16,18H2;1H/t24-,27+;/m0./s1. The van der Waals surface area contributed by atoms with Crippen LogP contribution in [0.15, 0.2) is 66.7 Å². The topological polar surface area (TPSA) is 43.9 Å². The third-order valence-electron chi connectivity index (χ3n) is 7.73. The highest BCUT2D eigenvalue weighted by Gasteiger charge is 2.42. The van der Waals surface area contributed by atoms with E-state index in [0.717, 1.165) is 55.8 Å². The molecule has 0 radical (unpaired) electrons. The molecule has 1 saturated heterocycles. The lowest BCUT2D eigenvalue weighted by Crippen LogP contribution is -2.45. The fraction of sp³-hybridized carbons (Fsp3) is 0.310. The van der Waals surface area contributed by atoms with E-state index in [4.69, 9.17) is 0 Å². The summed E-state index contributed by atoms with van der Waals surface area (Å²) < 4.78 is 27.8. The average molecular weight is 524 g/mol. The number of rotatable bonds is 6. The number of unbranched alkanes of at least 4 members (excludes halogenated alkanes) is 1. The number of hydrogen-bond donors (Lipinski definition) is 0. The molecule has 3 heterocycles. The Labute approximate surface area is 221 Å². The van der Waals surface area contributed by atoms with Crippen LogP contribution in [-0.2, 0) is 4.79 Å². The Hall–Kier alpha value is -3.29. The van der Waals surface area contributed by atoms with Gasteiger partial charge in [0.15, 0.2) is 0 Å². The number of carbonyl (C=O) groups is 2. The number of Topliss-reactive ketones (excluding diaryl/α,β-unsaturated/α-hetero) is 1. The predicted octanol–water partition coefficient (Wildman–Crippen LogP) is 5.71. The molecule has 0 aliphatic carbocycles. The first kappa shape index (κ1) is 25.4. The third kappa shape index (κ3) is 4.51. The van der Waals surface area contributed by atoms with Gasteiger partial charge >= 0.3 is 0 Å². The van der Waals surface area contributed by atoms with Crippen LogP contribution >= 0.6 is 12.4 Å². The Morgan fingerprint density at radius 2 is 1.57 bits per heavy atom. The lowest BCUT2D eigenvalue weighted by atomic mass is 9.89. The van der Waals surface area contributed by atoms with E-state index in [1.165, 1.54) is 18.2 Å². The molecule has 1 fully saturated rings. The number of piperidine rings is 1. The number of fused-ring (bicyclic) bond motifs is 4. The normalized spacial score (nSPS) is 20.5. The maximum Gasteiger partial charge on any atom is 0.299 e. The summed E-state index contributed by atoms with van der Waals surface area (Å²) in [5.74, 6) is -1.21. The molecule has 0 N–H and O–H groups in total. The van der Waals surface area contributed by atoms with Crippen LogP contribution in [0.4, 0.5) is 25.8 Å². The first-order valence-corrected chi connectivity index (χ1v) is 12.5. The Bertz CT molecular complexity index is 1330. The summed E-state index contributed by atoms with van der Waals surface area (Å²) in [5, 5.41) is 0. The molecule has 0 bridgehead atoms. The molecule has 1 amide bonds. The minimum absolute atomic E-state index is 0. The molecule has 0 spiro atoms. The minimum atomic E-state index is -0.442. The van der Waals surface area contributed by atoms with Crippen molar-refractivity contribution < 1.29 is 18.4 Å². The van der Waals surface area contributed by atoms with Crippen molar-refractivity contribution in [3.05, 3.63) is 89.5 Å². The number of carbonyl (C=O) groups excluding carboxylic acids is 2. The smallest absolute Gasteiger partial charge is 0.299 e. The van der Waals surface area contributed by atoms with Gasteiger partial charge in [-0.25, -0.2) is 8.78 Å². The number of anilines is 3. The maximum atomic E-state index is 14.2. The molecular formula is C29H28ClF2N3O2. The molecule has 2 atom stereocenters. The zero-order valence-corrected chi connectivity index (χ0v) is 21.1. The first-order valence-electron chi connectivity index (χ1n) is 12.5. The van der Waals surface area contributed by atoms with Gasteiger partial charge in [0.2, 0.25) is 0 Å². The summed E-state index contributed by atoms with van der Waals surface area (Å²) in [5.41, 5.74) is 4.12. The number of para-hydroxylation sites is 1. The van der Waals surface area contributed by atoms with Crippen LogP contribution in [0, 0.1) is 11.6 Å². The van der Waals surface area contributed by atoms with Crippen LogP contribution in [0.5, 0.6) is 0 Å².